The van der Waals surface area contributed by atoms with Crippen LogP contribution in [0.1, 0.15) is 44.1 Å². The summed E-state index contributed by atoms with van der Waals surface area (Å²) in [6, 6.07) is 26.7. The van der Waals surface area contributed by atoms with Gasteiger partial charge < -0.3 is 9.47 Å². The second-order valence-corrected chi connectivity index (χ2v) is 8.50. The molecule has 3 aromatic carbocycles. The molecule has 1 unspecified atom stereocenters. The van der Waals surface area contributed by atoms with Crippen LogP contribution in [0.5, 0.6) is 11.5 Å². The summed E-state index contributed by atoms with van der Waals surface area (Å²) < 4.78 is 12.1. The van der Waals surface area contributed by atoms with Crippen LogP contribution in [-0.4, -0.2) is 18.5 Å². The summed E-state index contributed by atoms with van der Waals surface area (Å²) in [5, 5.41) is 0. The minimum Gasteiger partial charge on any atom is -0.457 e. The first-order chi connectivity index (χ1) is 15.2. The molecule has 0 amide bonds. The highest BCUT2D eigenvalue weighted by atomic mass is 17.2. The Kier molecular flexibility index (Phi) is 5.77. The van der Waals surface area contributed by atoms with Gasteiger partial charge in [0.15, 0.2) is 0 Å². The maximum absolute atomic E-state index is 6.05. The van der Waals surface area contributed by atoms with E-state index >= 15 is 0 Å². The average molecular weight is 417 g/mol. The molecule has 4 nitrogen and oxygen atoms in total. The van der Waals surface area contributed by atoms with Crippen LogP contribution in [0.3, 0.4) is 0 Å². The van der Waals surface area contributed by atoms with E-state index in [4.69, 9.17) is 19.2 Å². The van der Waals surface area contributed by atoms with E-state index in [1.54, 1.807) is 0 Å². The first-order valence-corrected chi connectivity index (χ1v) is 11.1. The van der Waals surface area contributed by atoms with Crippen molar-refractivity contribution < 1.29 is 19.2 Å². The van der Waals surface area contributed by atoms with Crippen molar-refractivity contribution in [2.24, 2.45) is 0 Å². The van der Waals surface area contributed by atoms with Gasteiger partial charge in [0.05, 0.1) is 6.61 Å². The normalized spacial score (nSPS) is 21.1. The molecule has 1 saturated heterocycles. The molecule has 1 saturated carbocycles. The fraction of sp³-hybridized carbons (Fsp3) is 0.333. The molecule has 3 aromatic rings. The molecular weight excluding hydrogens is 388 g/mol. The van der Waals surface area contributed by atoms with Gasteiger partial charge in [-0.25, -0.2) is 9.78 Å². The highest BCUT2D eigenvalue weighted by Gasteiger charge is 2.43. The molecule has 0 radical (unpaired) electrons. The molecule has 1 spiro atoms. The van der Waals surface area contributed by atoms with E-state index in [0.717, 1.165) is 37.2 Å². The third kappa shape index (κ3) is 4.52. The Labute approximate surface area is 183 Å². The standard InChI is InChI=1S/C27H28O4/c1-20(26-19-28-27(31-30-26)17-5-6-18-27)21-9-13-24(14-10-21)29-25-15-11-23(12-16-25)22-7-3-2-4-8-22/h2-4,7-16,20,26H,5-6,17-19H2,1H3/t20-,26?/m1/s1. The molecule has 2 aliphatic rings. The first kappa shape index (κ1) is 20.3. The predicted molar refractivity (Wildman–Crippen MR) is 120 cm³/mol. The van der Waals surface area contributed by atoms with Crippen LogP contribution in [0.4, 0.5) is 0 Å². The molecule has 0 N–H and O–H groups in total. The summed E-state index contributed by atoms with van der Waals surface area (Å²) in [4.78, 5) is 11.4. The number of hydrogen-bond donors (Lipinski definition) is 0. The monoisotopic (exact) mass is 416 g/mol. The van der Waals surface area contributed by atoms with Gasteiger partial charge in [-0.1, -0.05) is 61.5 Å². The molecule has 31 heavy (non-hydrogen) atoms. The van der Waals surface area contributed by atoms with Gasteiger partial charge in [0, 0.05) is 18.8 Å². The quantitative estimate of drug-likeness (QED) is 0.426. The number of benzene rings is 3. The number of ether oxygens (including phenoxy) is 2. The lowest BCUT2D eigenvalue weighted by atomic mass is 9.95. The van der Waals surface area contributed by atoms with Crippen molar-refractivity contribution in [2.45, 2.75) is 50.4 Å². The lowest BCUT2D eigenvalue weighted by molar-refractivity contribution is -0.486. The minimum absolute atomic E-state index is 0.108. The molecular formula is C27H28O4. The summed E-state index contributed by atoms with van der Waals surface area (Å²) in [5.41, 5.74) is 3.55. The highest BCUT2D eigenvalue weighted by Crippen LogP contribution is 2.39. The largest absolute Gasteiger partial charge is 0.457 e. The molecule has 2 atom stereocenters. The molecule has 1 aliphatic carbocycles. The first-order valence-electron chi connectivity index (χ1n) is 11.1. The van der Waals surface area contributed by atoms with Gasteiger partial charge in [0.25, 0.3) is 0 Å². The molecule has 5 rings (SSSR count). The lowest BCUT2D eigenvalue weighted by Crippen LogP contribution is -2.44. The Hall–Kier alpha value is -2.66. The van der Waals surface area contributed by atoms with E-state index in [1.807, 2.05) is 42.5 Å². The zero-order chi connectivity index (χ0) is 21.1. The molecule has 4 heteroatoms. The Morgan fingerprint density at radius 1 is 0.806 bits per heavy atom. The van der Waals surface area contributed by atoms with Gasteiger partial charge in [0.1, 0.15) is 17.6 Å². The predicted octanol–water partition coefficient (Wildman–Crippen LogP) is 6.87. The van der Waals surface area contributed by atoms with Crippen molar-refractivity contribution >= 4 is 0 Å². The summed E-state index contributed by atoms with van der Waals surface area (Å²) >= 11 is 0. The van der Waals surface area contributed by atoms with E-state index in [9.17, 15) is 0 Å². The fourth-order valence-electron chi connectivity index (χ4n) is 4.34. The second-order valence-electron chi connectivity index (χ2n) is 8.50. The third-order valence-electron chi connectivity index (χ3n) is 6.36. The van der Waals surface area contributed by atoms with E-state index in [0.29, 0.717) is 6.61 Å². The smallest absolute Gasteiger partial charge is 0.201 e. The minimum atomic E-state index is -0.496. The summed E-state index contributed by atoms with van der Waals surface area (Å²) in [6.07, 6.45) is 4.02. The second kappa shape index (κ2) is 8.83. The van der Waals surface area contributed by atoms with Crippen LogP contribution in [0.15, 0.2) is 78.9 Å². The van der Waals surface area contributed by atoms with Gasteiger partial charge >= 0.3 is 0 Å². The summed E-state index contributed by atoms with van der Waals surface area (Å²) in [6.45, 7) is 2.70. The maximum atomic E-state index is 6.05. The Bertz CT molecular complexity index is 966. The van der Waals surface area contributed by atoms with Gasteiger partial charge in [-0.05, 0) is 53.8 Å². The Morgan fingerprint density at radius 3 is 2.03 bits per heavy atom. The van der Waals surface area contributed by atoms with E-state index in [1.165, 1.54) is 16.7 Å². The Balaban J connectivity index is 1.19. The van der Waals surface area contributed by atoms with Crippen molar-refractivity contribution in [3.8, 4) is 22.6 Å². The van der Waals surface area contributed by atoms with Crippen LogP contribution < -0.4 is 4.74 Å². The van der Waals surface area contributed by atoms with Crippen LogP contribution in [0.25, 0.3) is 11.1 Å². The highest BCUT2D eigenvalue weighted by molar-refractivity contribution is 5.64. The van der Waals surface area contributed by atoms with Gasteiger partial charge in [-0.15, -0.1) is 0 Å². The zero-order valence-electron chi connectivity index (χ0n) is 17.8. The van der Waals surface area contributed by atoms with Crippen molar-refractivity contribution in [3.05, 3.63) is 84.4 Å². The van der Waals surface area contributed by atoms with Crippen LogP contribution in [-0.2, 0) is 14.5 Å². The topological polar surface area (TPSA) is 36.9 Å². The number of hydrogen-bond acceptors (Lipinski definition) is 4. The van der Waals surface area contributed by atoms with Crippen molar-refractivity contribution in [2.75, 3.05) is 6.61 Å². The SMILES string of the molecule is C[C@H](c1ccc(Oc2ccc(-c3ccccc3)cc2)cc1)C1COC2(CCCC2)OO1. The fourth-order valence-corrected chi connectivity index (χ4v) is 4.34. The average Bonchev–Trinajstić information content (AvgIpc) is 3.28. The van der Waals surface area contributed by atoms with Crippen molar-refractivity contribution in [1.29, 1.82) is 0 Å². The summed E-state index contributed by atoms with van der Waals surface area (Å²) in [7, 11) is 0. The van der Waals surface area contributed by atoms with Crippen LogP contribution in [0.2, 0.25) is 0 Å². The Morgan fingerprint density at radius 2 is 1.42 bits per heavy atom. The van der Waals surface area contributed by atoms with Crippen LogP contribution >= 0.6 is 0 Å². The van der Waals surface area contributed by atoms with Crippen LogP contribution in [0, 0.1) is 0 Å². The molecule has 160 valence electrons. The van der Waals surface area contributed by atoms with Gasteiger partial charge in [-0.2, -0.15) is 0 Å². The van der Waals surface area contributed by atoms with Crippen molar-refractivity contribution in [3.63, 3.8) is 0 Å². The van der Waals surface area contributed by atoms with Crippen molar-refractivity contribution in [1.82, 2.24) is 0 Å². The molecule has 0 bridgehead atoms. The molecule has 2 fully saturated rings. The molecule has 0 aromatic heterocycles. The van der Waals surface area contributed by atoms with Gasteiger partial charge in [-0.3, -0.25) is 0 Å². The van der Waals surface area contributed by atoms with E-state index < -0.39 is 5.79 Å². The molecule has 1 heterocycles. The maximum Gasteiger partial charge on any atom is 0.201 e. The lowest BCUT2D eigenvalue weighted by Gasteiger charge is -2.38. The van der Waals surface area contributed by atoms with E-state index in [2.05, 4.69) is 43.3 Å². The summed E-state index contributed by atoms with van der Waals surface area (Å²) in [5.74, 6) is 1.30. The zero-order valence-corrected chi connectivity index (χ0v) is 17.8. The number of rotatable bonds is 5. The molecule has 1 aliphatic heterocycles. The third-order valence-corrected chi connectivity index (χ3v) is 6.36. The van der Waals surface area contributed by atoms with E-state index in [-0.39, 0.29) is 12.0 Å². The van der Waals surface area contributed by atoms with Gasteiger partial charge in [0.2, 0.25) is 5.79 Å².